The highest BCUT2D eigenvalue weighted by Gasteiger charge is 2.58. The maximum atomic E-state index is 13.8. The molecular weight excluding hydrogens is 343 g/mol. The molecule has 0 saturated carbocycles. The second-order valence-electron chi connectivity index (χ2n) is 7.54. The fraction of sp³-hybridized carbons (Fsp3) is 0.364. The maximum absolute atomic E-state index is 13.8. The molecule has 5 heteroatoms. The summed E-state index contributed by atoms with van der Waals surface area (Å²) in [4.78, 5) is 28.0. The maximum Gasteiger partial charge on any atom is 0.254 e. The number of hydrogen-bond acceptors (Lipinski definition) is 2. The van der Waals surface area contributed by atoms with Crippen LogP contribution in [-0.2, 0) is 10.2 Å². The van der Waals surface area contributed by atoms with Crippen molar-refractivity contribution in [3.05, 3.63) is 65.0 Å². The lowest BCUT2D eigenvalue weighted by Crippen LogP contribution is -2.48. The number of carbonyl (C=O) groups excluding carboxylic acids is 2. The van der Waals surface area contributed by atoms with Crippen molar-refractivity contribution < 1.29 is 14.0 Å². The highest BCUT2D eigenvalue weighted by atomic mass is 19.1. The molecule has 0 unspecified atom stereocenters. The van der Waals surface area contributed by atoms with E-state index in [1.807, 2.05) is 24.3 Å². The summed E-state index contributed by atoms with van der Waals surface area (Å²) in [6.45, 7) is 4.32. The lowest BCUT2D eigenvalue weighted by atomic mass is 9.73. The largest absolute Gasteiger partial charge is 0.334 e. The van der Waals surface area contributed by atoms with Crippen LogP contribution >= 0.6 is 0 Å². The van der Waals surface area contributed by atoms with Crippen molar-refractivity contribution in [3.63, 3.8) is 0 Å². The standard InChI is InChI=1S/C22H23FN2O2/c1-3-6-19-22(17-7-4-5-8-18(17)24-21(22)27)9-10-25(19)20(26)15-11-14(2)12-16(23)13-15/h4-5,7-8,11-13,19H,3,6,9-10H2,1-2H3,(H,24,27)/t19-,22+/m0/s1. The molecular formula is C22H23FN2O2. The molecule has 2 atom stereocenters. The molecule has 1 N–H and O–H groups in total. The summed E-state index contributed by atoms with van der Waals surface area (Å²) in [5.74, 6) is -0.652. The third kappa shape index (κ3) is 2.64. The average Bonchev–Trinajstić information content (AvgIpc) is 3.14. The van der Waals surface area contributed by atoms with Gasteiger partial charge in [-0.15, -0.1) is 0 Å². The lowest BCUT2D eigenvalue weighted by molar-refractivity contribution is -0.121. The molecule has 2 amide bonds. The third-order valence-electron chi connectivity index (χ3n) is 5.87. The van der Waals surface area contributed by atoms with Crippen LogP contribution in [0.2, 0.25) is 0 Å². The molecule has 0 aliphatic carbocycles. The van der Waals surface area contributed by atoms with Crippen LogP contribution < -0.4 is 5.32 Å². The Morgan fingerprint density at radius 2 is 2.07 bits per heavy atom. The second-order valence-corrected chi connectivity index (χ2v) is 7.54. The number of halogens is 1. The van der Waals surface area contributed by atoms with Gasteiger partial charge in [0.1, 0.15) is 5.82 Å². The Hall–Kier alpha value is -2.69. The van der Waals surface area contributed by atoms with Crippen molar-refractivity contribution in [1.82, 2.24) is 4.90 Å². The van der Waals surface area contributed by atoms with Crippen molar-refractivity contribution in [2.24, 2.45) is 0 Å². The first-order valence-electron chi connectivity index (χ1n) is 9.46. The van der Waals surface area contributed by atoms with Gasteiger partial charge in [0.25, 0.3) is 5.91 Å². The molecule has 0 bridgehead atoms. The Morgan fingerprint density at radius 1 is 1.30 bits per heavy atom. The number of benzene rings is 2. The van der Waals surface area contributed by atoms with Crippen LogP contribution in [0.25, 0.3) is 0 Å². The van der Waals surface area contributed by atoms with Crippen LogP contribution in [-0.4, -0.2) is 29.3 Å². The summed E-state index contributed by atoms with van der Waals surface area (Å²) >= 11 is 0. The van der Waals surface area contributed by atoms with Gasteiger partial charge in [0.15, 0.2) is 0 Å². The molecule has 1 saturated heterocycles. The second kappa shape index (κ2) is 6.48. The number of amides is 2. The van der Waals surface area contributed by atoms with Gasteiger partial charge in [-0.1, -0.05) is 31.5 Å². The highest BCUT2D eigenvalue weighted by Crippen LogP contribution is 2.49. The topological polar surface area (TPSA) is 49.4 Å². The number of rotatable bonds is 3. The molecule has 0 radical (unpaired) electrons. The zero-order valence-electron chi connectivity index (χ0n) is 15.6. The van der Waals surface area contributed by atoms with Crippen LogP contribution in [0, 0.1) is 12.7 Å². The van der Waals surface area contributed by atoms with E-state index in [0.29, 0.717) is 24.1 Å². The molecule has 2 aliphatic heterocycles. The van der Waals surface area contributed by atoms with E-state index in [1.165, 1.54) is 12.1 Å². The number of aryl methyl sites for hydroxylation is 1. The summed E-state index contributed by atoms with van der Waals surface area (Å²) in [5, 5.41) is 3.00. The van der Waals surface area contributed by atoms with E-state index >= 15 is 0 Å². The molecule has 0 aromatic heterocycles. The quantitative estimate of drug-likeness (QED) is 0.891. The van der Waals surface area contributed by atoms with Crippen LogP contribution in [0.1, 0.15) is 47.7 Å². The first kappa shape index (κ1) is 17.7. The zero-order valence-corrected chi connectivity index (χ0v) is 15.6. The predicted octanol–water partition coefficient (Wildman–Crippen LogP) is 4.04. The van der Waals surface area contributed by atoms with Gasteiger partial charge in [-0.05, 0) is 55.2 Å². The molecule has 4 rings (SSSR count). The molecule has 4 nitrogen and oxygen atoms in total. The Bertz CT molecular complexity index is 906. The minimum absolute atomic E-state index is 0.0344. The SMILES string of the molecule is CCC[C@@H]1N(C(=O)c2cc(C)cc(F)c2)CC[C@]12C(=O)Nc1ccccc12. The van der Waals surface area contributed by atoms with Crippen molar-refractivity contribution in [3.8, 4) is 0 Å². The summed E-state index contributed by atoms with van der Waals surface area (Å²) < 4.78 is 13.8. The van der Waals surface area contributed by atoms with E-state index in [4.69, 9.17) is 0 Å². The van der Waals surface area contributed by atoms with E-state index in [0.717, 1.165) is 24.1 Å². The summed E-state index contributed by atoms with van der Waals surface area (Å²) in [5.41, 5.74) is 2.14. The van der Waals surface area contributed by atoms with Crippen LogP contribution in [0.3, 0.4) is 0 Å². The smallest absolute Gasteiger partial charge is 0.254 e. The van der Waals surface area contributed by atoms with Gasteiger partial charge in [0.05, 0.1) is 11.5 Å². The van der Waals surface area contributed by atoms with Crippen LogP contribution in [0.5, 0.6) is 0 Å². The van der Waals surface area contributed by atoms with E-state index in [-0.39, 0.29) is 17.9 Å². The van der Waals surface area contributed by atoms with Crippen molar-refractivity contribution in [2.45, 2.75) is 44.6 Å². The Kier molecular flexibility index (Phi) is 4.25. The van der Waals surface area contributed by atoms with Gasteiger partial charge in [0.2, 0.25) is 5.91 Å². The minimum atomic E-state index is -0.718. The van der Waals surface area contributed by atoms with E-state index in [9.17, 15) is 14.0 Å². The fourth-order valence-electron chi connectivity index (χ4n) is 4.75. The van der Waals surface area contributed by atoms with E-state index < -0.39 is 11.2 Å². The normalized spacial score (nSPS) is 23.6. The van der Waals surface area contributed by atoms with E-state index in [1.54, 1.807) is 17.9 Å². The zero-order chi connectivity index (χ0) is 19.2. The minimum Gasteiger partial charge on any atom is -0.334 e. The van der Waals surface area contributed by atoms with Crippen molar-refractivity contribution in [1.29, 1.82) is 0 Å². The van der Waals surface area contributed by atoms with Gasteiger partial charge in [-0.3, -0.25) is 9.59 Å². The third-order valence-corrected chi connectivity index (χ3v) is 5.87. The molecule has 2 aromatic carbocycles. The Balaban J connectivity index is 1.76. The molecule has 2 aliphatic rings. The molecule has 27 heavy (non-hydrogen) atoms. The molecule has 1 spiro atoms. The number of likely N-dealkylation sites (tertiary alicyclic amines) is 1. The number of hydrogen-bond donors (Lipinski definition) is 1. The lowest BCUT2D eigenvalue weighted by Gasteiger charge is -2.34. The average molecular weight is 366 g/mol. The van der Waals surface area contributed by atoms with Gasteiger partial charge < -0.3 is 10.2 Å². The summed E-state index contributed by atoms with van der Waals surface area (Å²) in [6.07, 6.45) is 2.16. The fourth-order valence-corrected chi connectivity index (χ4v) is 4.75. The van der Waals surface area contributed by atoms with Crippen LogP contribution in [0.15, 0.2) is 42.5 Å². The van der Waals surface area contributed by atoms with E-state index in [2.05, 4.69) is 12.2 Å². The molecule has 2 aromatic rings. The van der Waals surface area contributed by atoms with Crippen molar-refractivity contribution in [2.75, 3.05) is 11.9 Å². The number of nitrogens with one attached hydrogen (secondary N) is 1. The molecule has 140 valence electrons. The molecule has 2 heterocycles. The van der Waals surface area contributed by atoms with Gasteiger partial charge >= 0.3 is 0 Å². The Morgan fingerprint density at radius 3 is 2.81 bits per heavy atom. The van der Waals surface area contributed by atoms with Gasteiger partial charge in [-0.25, -0.2) is 4.39 Å². The number of para-hydroxylation sites is 1. The first-order valence-corrected chi connectivity index (χ1v) is 9.46. The number of nitrogens with zero attached hydrogens (tertiary/aromatic N) is 1. The Labute approximate surface area is 158 Å². The van der Waals surface area contributed by atoms with Crippen molar-refractivity contribution >= 4 is 17.5 Å². The monoisotopic (exact) mass is 366 g/mol. The molecule has 1 fully saturated rings. The van der Waals surface area contributed by atoms with Crippen LogP contribution in [0.4, 0.5) is 10.1 Å². The predicted molar refractivity (Wildman–Crippen MR) is 102 cm³/mol. The number of anilines is 1. The van der Waals surface area contributed by atoms with Gasteiger partial charge in [-0.2, -0.15) is 0 Å². The van der Waals surface area contributed by atoms with Gasteiger partial charge in [0, 0.05) is 17.8 Å². The summed E-state index contributed by atoms with van der Waals surface area (Å²) in [7, 11) is 0. The first-order chi connectivity index (χ1) is 13.0. The highest BCUT2D eigenvalue weighted by molar-refractivity contribution is 6.08. The number of fused-ring (bicyclic) bond motifs is 2. The summed E-state index contributed by atoms with van der Waals surface area (Å²) in [6, 6.07) is 11.9. The number of carbonyl (C=O) groups is 2.